The van der Waals surface area contributed by atoms with Crippen molar-refractivity contribution >= 4 is 0 Å². The van der Waals surface area contributed by atoms with Gasteiger partial charge in [-0.05, 0) is 13.0 Å². The molecule has 78 valence electrons. The molecule has 0 bridgehead atoms. The van der Waals surface area contributed by atoms with Crippen molar-refractivity contribution in [1.29, 1.82) is 10.5 Å². The minimum absolute atomic E-state index is 0.159. The van der Waals surface area contributed by atoms with Crippen molar-refractivity contribution in [3.05, 3.63) is 12.2 Å². The molecule has 1 N–H and O–H groups in total. The average Bonchev–Trinajstić information content (AvgIpc) is 2.72. The summed E-state index contributed by atoms with van der Waals surface area (Å²) in [7, 11) is 0. The summed E-state index contributed by atoms with van der Waals surface area (Å²) in [5.41, 5.74) is 0. The topological polar surface area (TPSA) is 90.3 Å². The maximum absolute atomic E-state index is 8.78. The third-order valence-electron chi connectivity index (χ3n) is 1.89. The van der Waals surface area contributed by atoms with Crippen molar-refractivity contribution in [3.8, 4) is 12.1 Å². The van der Waals surface area contributed by atoms with Crippen LogP contribution in [0.5, 0.6) is 0 Å². The van der Waals surface area contributed by atoms with E-state index in [1.807, 2.05) is 13.0 Å². The SMILES string of the molecule is CCNC(C#N)CCn1cnc(C#N)n1. The molecule has 0 aliphatic carbocycles. The predicted molar refractivity (Wildman–Crippen MR) is 52.4 cm³/mol. The Morgan fingerprint density at radius 1 is 1.60 bits per heavy atom. The lowest BCUT2D eigenvalue weighted by Crippen LogP contribution is -2.28. The van der Waals surface area contributed by atoms with Crippen LogP contribution in [0.4, 0.5) is 0 Å². The summed E-state index contributed by atoms with van der Waals surface area (Å²) in [5, 5.41) is 24.2. The van der Waals surface area contributed by atoms with Gasteiger partial charge < -0.3 is 5.32 Å². The molecule has 1 heterocycles. The Balaban J connectivity index is 2.43. The van der Waals surface area contributed by atoms with Crippen LogP contribution in [-0.2, 0) is 6.54 Å². The molecular weight excluding hydrogens is 192 g/mol. The number of hydrogen-bond donors (Lipinski definition) is 1. The Kier molecular flexibility index (Phi) is 4.27. The van der Waals surface area contributed by atoms with Crippen molar-refractivity contribution < 1.29 is 0 Å². The van der Waals surface area contributed by atoms with Crippen LogP contribution in [0.3, 0.4) is 0 Å². The molecular formula is C9H12N6. The van der Waals surface area contributed by atoms with E-state index in [1.165, 1.54) is 6.33 Å². The van der Waals surface area contributed by atoms with Crippen molar-refractivity contribution in [2.45, 2.75) is 25.9 Å². The molecule has 0 fully saturated rings. The van der Waals surface area contributed by atoms with E-state index in [4.69, 9.17) is 10.5 Å². The molecule has 0 aliphatic rings. The smallest absolute Gasteiger partial charge is 0.252 e. The Morgan fingerprint density at radius 2 is 2.40 bits per heavy atom. The highest BCUT2D eigenvalue weighted by molar-refractivity contribution is 5.05. The van der Waals surface area contributed by atoms with E-state index in [0.717, 1.165) is 6.54 Å². The zero-order chi connectivity index (χ0) is 11.1. The summed E-state index contributed by atoms with van der Waals surface area (Å²) in [6.07, 6.45) is 2.15. The van der Waals surface area contributed by atoms with Gasteiger partial charge in [0, 0.05) is 6.54 Å². The van der Waals surface area contributed by atoms with Gasteiger partial charge in [-0.25, -0.2) is 4.98 Å². The van der Waals surface area contributed by atoms with Gasteiger partial charge in [0.2, 0.25) is 0 Å². The summed E-state index contributed by atoms with van der Waals surface area (Å²) < 4.78 is 1.57. The molecule has 0 saturated heterocycles. The van der Waals surface area contributed by atoms with Gasteiger partial charge in [-0.2, -0.15) is 10.5 Å². The molecule has 6 nitrogen and oxygen atoms in total. The molecule has 0 spiro atoms. The summed E-state index contributed by atoms with van der Waals surface area (Å²) in [5.74, 6) is 0.159. The van der Waals surface area contributed by atoms with Gasteiger partial charge >= 0.3 is 0 Å². The number of nitrogens with zero attached hydrogens (tertiary/aromatic N) is 5. The van der Waals surface area contributed by atoms with E-state index in [-0.39, 0.29) is 11.9 Å². The summed E-state index contributed by atoms with van der Waals surface area (Å²) in [6.45, 7) is 3.30. The van der Waals surface area contributed by atoms with Gasteiger partial charge in [0.1, 0.15) is 12.4 Å². The molecule has 0 saturated carbocycles. The van der Waals surface area contributed by atoms with Crippen LogP contribution in [0.2, 0.25) is 0 Å². The van der Waals surface area contributed by atoms with Crippen LogP contribution in [-0.4, -0.2) is 27.4 Å². The Hall–Kier alpha value is -1.92. The monoisotopic (exact) mass is 204 g/mol. The van der Waals surface area contributed by atoms with Crippen molar-refractivity contribution in [3.63, 3.8) is 0 Å². The van der Waals surface area contributed by atoms with Crippen LogP contribution in [0.25, 0.3) is 0 Å². The standard InChI is InChI=1S/C9H12N6/c1-2-12-8(5-10)3-4-15-7-13-9(6-11)14-15/h7-8,12H,2-4H2,1H3. The second kappa shape index (κ2) is 5.74. The lowest BCUT2D eigenvalue weighted by molar-refractivity contribution is 0.500. The molecule has 15 heavy (non-hydrogen) atoms. The second-order valence-electron chi connectivity index (χ2n) is 2.97. The van der Waals surface area contributed by atoms with Crippen LogP contribution in [0, 0.1) is 22.7 Å². The first-order chi connectivity index (χ1) is 7.30. The van der Waals surface area contributed by atoms with E-state index in [2.05, 4.69) is 21.5 Å². The van der Waals surface area contributed by atoms with Gasteiger partial charge in [0.15, 0.2) is 0 Å². The minimum atomic E-state index is -0.176. The highest BCUT2D eigenvalue weighted by Gasteiger charge is 2.06. The molecule has 0 aliphatic heterocycles. The van der Waals surface area contributed by atoms with E-state index in [0.29, 0.717) is 13.0 Å². The summed E-state index contributed by atoms with van der Waals surface area (Å²) >= 11 is 0. The Morgan fingerprint density at radius 3 is 2.93 bits per heavy atom. The average molecular weight is 204 g/mol. The Bertz CT molecular complexity index is 382. The van der Waals surface area contributed by atoms with Crippen molar-refractivity contribution in [2.24, 2.45) is 0 Å². The molecule has 0 amide bonds. The molecule has 1 atom stereocenters. The fourth-order valence-electron chi connectivity index (χ4n) is 1.17. The van der Waals surface area contributed by atoms with Gasteiger partial charge in [-0.15, -0.1) is 5.10 Å². The number of rotatable bonds is 5. The number of aromatic nitrogens is 3. The summed E-state index contributed by atoms with van der Waals surface area (Å²) in [4.78, 5) is 3.77. The van der Waals surface area contributed by atoms with E-state index >= 15 is 0 Å². The first-order valence-electron chi connectivity index (χ1n) is 4.72. The maximum Gasteiger partial charge on any atom is 0.252 e. The molecule has 1 rings (SSSR count). The zero-order valence-corrected chi connectivity index (χ0v) is 8.51. The molecule has 1 unspecified atom stereocenters. The fourth-order valence-corrected chi connectivity index (χ4v) is 1.17. The largest absolute Gasteiger partial charge is 0.302 e. The first-order valence-corrected chi connectivity index (χ1v) is 4.72. The van der Waals surface area contributed by atoms with E-state index in [1.54, 1.807) is 4.68 Å². The van der Waals surface area contributed by atoms with Crippen molar-refractivity contribution in [2.75, 3.05) is 6.54 Å². The number of aryl methyl sites for hydroxylation is 1. The quantitative estimate of drug-likeness (QED) is 0.731. The molecule has 1 aromatic heterocycles. The number of hydrogen-bond acceptors (Lipinski definition) is 5. The minimum Gasteiger partial charge on any atom is -0.302 e. The van der Waals surface area contributed by atoms with E-state index < -0.39 is 0 Å². The highest BCUT2D eigenvalue weighted by atomic mass is 15.3. The van der Waals surface area contributed by atoms with E-state index in [9.17, 15) is 0 Å². The number of nitriles is 2. The highest BCUT2D eigenvalue weighted by Crippen LogP contribution is 1.95. The van der Waals surface area contributed by atoms with Crippen LogP contribution < -0.4 is 5.32 Å². The third-order valence-corrected chi connectivity index (χ3v) is 1.89. The molecule has 0 aromatic carbocycles. The van der Waals surface area contributed by atoms with Gasteiger partial charge in [-0.1, -0.05) is 6.92 Å². The predicted octanol–water partition coefficient (Wildman–Crippen LogP) is 0.0416. The van der Waals surface area contributed by atoms with Crippen LogP contribution in [0.15, 0.2) is 6.33 Å². The van der Waals surface area contributed by atoms with Crippen molar-refractivity contribution in [1.82, 2.24) is 20.1 Å². The normalized spacial score (nSPS) is 11.7. The first kappa shape index (κ1) is 11.2. The zero-order valence-electron chi connectivity index (χ0n) is 8.51. The summed E-state index contributed by atoms with van der Waals surface area (Å²) in [6, 6.07) is 3.83. The molecule has 1 aromatic rings. The lowest BCUT2D eigenvalue weighted by atomic mass is 10.2. The molecule has 0 radical (unpaired) electrons. The fraction of sp³-hybridized carbons (Fsp3) is 0.556. The lowest BCUT2D eigenvalue weighted by Gasteiger charge is -2.08. The van der Waals surface area contributed by atoms with Gasteiger partial charge in [-0.3, -0.25) is 4.68 Å². The maximum atomic E-state index is 8.78. The van der Waals surface area contributed by atoms with Crippen LogP contribution >= 0.6 is 0 Å². The second-order valence-corrected chi connectivity index (χ2v) is 2.97. The number of nitrogens with one attached hydrogen (secondary N) is 1. The van der Waals surface area contributed by atoms with Gasteiger partial charge in [0.05, 0.1) is 12.1 Å². The van der Waals surface area contributed by atoms with Crippen LogP contribution in [0.1, 0.15) is 19.2 Å². The van der Waals surface area contributed by atoms with Gasteiger partial charge in [0.25, 0.3) is 5.82 Å². The molecule has 6 heteroatoms. The Labute approximate surface area is 88.1 Å². The third kappa shape index (κ3) is 3.37.